The van der Waals surface area contributed by atoms with E-state index in [0.717, 1.165) is 0 Å². The molecule has 2 unspecified atom stereocenters. The highest BCUT2D eigenvalue weighted by atomic mass is 32.1. The summed E-state index contributed by atoms with van der Waals surface area (Å²) < 4.78 is 0. The van der Waals surface area contributed by atoms with Crippen molar-refractivity contribution in [2.75, 3.05) is 18.8 Å². The molecule has 0 aromatic carbocycles. The number of piperazine rings is 1. The Morgan fingerprint density at radius 1 is 1.65 bits per heavy atom. The van der Waals surface area contributed by atoms with Crippen molar-refractivity contribution in [2.45, 2.75) is 25.9 Å². The molecule has 1 heterocycles. The molecule has 0 bridgehead atoms. The summed E-state index contributed by atoms with van der Waals surface area (Å²) in [6.07, 6.45) is 0. The van der Waals surface area contributed by atoms with Crippen LogP contribution in [0.1, 0.15) is 13.8 Å². The Balaban J connectivity index is 2.72. The van der Waals surface area contributed by atoms with Gasteiger partial charge in [-0.15, -0.1) is 0 Å². The number of nitrogens with one attached hydrogen (secondary N) is 2. The van der Waals surface area contributed by atoms with E-state index in [4.69, 9.17) is 0 Å². The molecule has 1 rings (SSSR count). The van der Waals surface area contributed by atoms with Gasteiger partial charge in [-0.25, -0.2) is 0 Å². The van der Waals surface area contributed by atoms with E-state index in [1.807, 2.05) is 0 Å². The van der Waals surface area contributed by atoms with E-state index < -0.39 is 12.1 Å². The van der Waals surface area contributed by atoms with E-state index in [2.05, 4.69) is 23.3 Å². The van der Waals surface area contributed by atoms with Crippen molar-refractivity contribution in [2.24, 2.45) is 0 Å². The van der Waals surface area contributed by atoms with Crippen LogP contribution >= 0.6 is 12.6 Å². The van der Waals surface area contributed by atoms with Gasteiger partial charge in [-0.2, -0.15) is 12.6 Å². The number of amides is 3. The zero-order valence-electron chi connectivity index (χ0n) is 9.90. The predicted molar refractivity (Wildman–Crippen MR) is 65.6 cm³/mol. The quantitative estimate of drug-likeness (QED) is 0.555. The third-order valence-corrected chi connectivity index (χ3v) is 3.01. The van der Waals surface area contributed by atoms with Crippen LogP contribution in [0.2, 0.25) is 0 Å². The van der Waals surface area contributed by atoms with Gasteiger partial charge in [0.05, 0.1) is 0 Å². The van der Waals surface area contributed by atoms with Gasteiger partial charge >= 0.3 is 0 Å². The second-order valence-corrected chi connectivity index (χ2v) is 4.30. The monoisotopic (exact) mass is 259 g/mol. The molecule has 96 valence electrons. The van der Waals surface area contributed by atoms with Gasteiger partial charge in [-0.05, 0) is 6.92 Å². The minimum atomic E-state index is -0.677. The molecule has 0 saturated carbocycles. The Labute approximate surface area is 106 Å². The van der Waals surface area contributed by atoms with Gasteiger partial charge in [-0.1, -0.05) is 0 Å². The molecule has 0 aromatic heterocycles. The third kappa shape index (κ3) is 3.36. The summed E-state index contributed by atoms with van der Waals surface area (Å²) >= 11 is 4.04. The predicted octanol–water partition coefficient (Wildman–Crippen LogP) is -1.23. The highest BCUT2D eigenvalue weighted by molar-refractivity contribution is 7.80. The lowest BCUT2D eigenvalue weighted by Gasteiger charge is -2.35. The van der Waals surface area contributed by atoms with Gasteiger partial charge in [0.1, 0.15) is 12.1 Å². The molecule has 1 fully saturated rings. The lowest BCUT2D eigenvalue weighted by Crippen LogP contribution is -2.60. The summed E-state index contributed by atoms with van der Waals surface area (Å²) in [5.74, 6) is -0.516. The number of rotatable bonds is 3. The standard InChI is InChI=1S/C10H17N3O3S/c1-6-9(15)11-3-4-13(6)10(16)8(5-17)12-7(2)14/h6,8,17H,3-5H2,1-2H3,(H,11,15)(H,12,14). The first-order chi connectivity index (χ1) is 7.97. The van der Waals surface area contributed by atoms with Crippen LogP contribution < -0.4 is 10.6 Å². The number of carbonyl (C=O) groups is 3. The summed E-state index contributed by atoms with van der Waals surface area (Å²) in [6, 6.07) is -1.18. The zero-order chi connectivity index (χ0) is 13.0. The largest absolute Gasteiger partial charge is 0.353 e. The maximum atomic E-state index is 12.1. The number of thiol groups is 1. The molecule has 17 heavy (non-hydrogen) atoms. The van der Waals surface area contributed by atoms with E-state index in [0.29, 0.717) is 13.1 Å². The van der Waals surface area contributed by atoms with Crippen LogP contribution in [0, 0.1) is 0 Å². The topological polar surface area (TPSA) is 78.5 Å². The van der Waals surface area contributed by atoms with E-state index in [9.17, 15) is 14.4 Å². The van der Waals surface area contributed by atoms with E-state index in [-0.39, 0.29) is 23.5 Å². The molecule has 6 nitrogen and oxygen atoms in total. The molecule has 0 aliphatic carbocycles. The maximum absolute atomic E-state index is 12.1. The average molecular weight is 259 g/mol. The molecule has 0 radical (unpaired) electrons. The van der Waals surface area contributed by atoms with E-state index in [1.165, 1.54) is 11.8 Å². The second kappa shape index (κ2) is 5.90. The van der Waals surface area contributed by atoms with E-state index >= 15 is 0 Å². The summed E-state index contributed by atoms with van der Waals surface area (Å²) in [6.45, 7) is 3.90. The Bertz CT molecular complexity index is 335. The first-order valence-electron chi connectivity index (χ1n) is 5.43. The molecule has 2 N–H and O–H groups in total. The lowest BCUT2D eigenvalue weighted by atomic mass is 10.1. The van der Waals surface area contributed by atoms with Crippen LogP contribution in [0.25, 0.3) is 0 Å². The summed E-state index contributed by atoms with van der Waals surface area (Å²) in [5, 5.41) is 5.20. The summed E-state index contributed by atoms with van der Waals surface area (Å²) in [7, 11) is 0. The van der Waals surface area contributed by atoms with Gasteiger partial charge in [0.25, 0.3) is 0 Å². The first-order valence-corrected chi connectivity index (χ1v) is 6.06. The van der Waals surface area contributed by atoms with Crippen molar-refractivity contribution < 1.29 is 14.4 Å². The van der Waals surface area contributed by atoms with Crippen LogP contribution in [0.3, 0.4) is 0 Å². The molecular formula is C10H17N3O3S. The van der Waals surface area contributed by atoms with Gasteiger partial charge in [0.15, 0.2) is 0 Å². The summed E-state index contributed by atoms with van der Waals surface area (Å²) in [5.41, 5.74) is 0. The van der Waals surface area contributed by atoms with Gasteiger partial charge in [0.2, 0.25) is 17.7 Å². The molecule has 2 atom stereocenters. The van der Waals surface area contributed by atoms with Crippen LogP contribution in [0.5, 0.6) is 0 Å². The molecule has 7 heteroatoms. The fourth-order valence-corrected chi connectivity index (χ4v) is 1.96. The number of hydrogen-bond donors (Lipinski definition) is 3. The minimum Gasteiger partial charge on any atom is -0.353 e. The Morgan fingerprint density at radius 3 is 2.82 bits per heavy atom. The molecule has 3 amide bonds. The fourth-order valence-electron chi connectivity index (χ4n) is 1.71. The number of carbonyl (C=O) groups excluding carboxylic acids is 3. The zero-order valence-corrected chi connectivity index (χ0v) is 10.8. The highest BCUT2D eigenvalue weighted by Crippen LogP contribution is 2.07. The van der Waals surface area contributed by atoms with Gasteiger partial charge < -0.3 is 15.5 Å². The van der Waals surface area contributed by atoms with Crippen molar-refractivity contribution in [3.8, 4) is 0 Å². The number of nitrogens with zero attached hydrogens (tertiary/aromatic N) is 1. The molecule has 1 saturated heterocycles. The van der Waals surface area contributed by atoms with Crippen molar-refractivity contribution in [1.29, 1.82) is 0 Å². The molecule has 1 aliphatic rings. The first kappa shape index (κ1) is 13.8. The summed E-state index contributed by atoms with van der Waals surface area (Å²) in [4.78, 5) is 36.0. The smallest absolute Gasteiger partial charge is 0.246 e. The second-order valence-electron chi connectivity index (χ2n) is 3.93. The average Bonchev–Trinajstić information content (AvgIpc) is 2.28. The van der Waals surface area contributed by atoms with Crippen LogP contribution in [0.4, 0.5) is 0 Å². The van der Waals surface area contributed by atoms with Crippen molar-refractivity contribution in [3.05, 3.63) is 0 Å². The lowest BCUT2D eigenvalue weighted by molar-refractivity contribution is -0.144. The Hall–Kier alpha value is -1.24. The molecule has 0 spiro atoms. The normalized spacial score (nSPS) is 21.7. The maximum Gasteiger partial charge on any atom is 0.246 e. The Morgan fingerprint density at radius 2 is 2.29 bits per heavy atom. The Kier molecular flexibility index (Phi) is 4.80. The van der Waals surface area contributed by atoms with Crippen LogP contribution in [0.15, 0.2) is 0 Å². The van der Waals surface area contributed by atoms with Crippen molar-refractivity contribution in [1.82, 2.24) is 15.5 Å². The van der Waals surface area contributed by atoms with Crippen molar-refractivity contribution >= 4 is 30.4 Å². The molecule has 0 aromatic rings. The van der Waals surface area contributed by atoms with E-state index in [1.54, 1.807) is 6.92 Å². The third-order valence-electron chi connectivity index (χ3n) is 2.64. The minimum absolute atomic E-state index is 0.176. The highest BCUT2D eigenvalue weighted by Gasteiger charge is 2.33. The number of hydrogen-bond acceptors (Lipinski definition) is 4. The fraction of sp³-hybridized carbons (Fsp3) is 0.700. The molecular weight excluding hydrogens is 242 g/mol. The van der Waals surface area contributed by atoms with Gasteiger partial charge in [-0.3, -0.25) is 14.4 Å². The van der Waals surface area contributed by atoms with Crippen molar-refractivity contribution in [3.63, 3.8) is 0 Å². The SMILES string of the molecule is CC(=O)NC(CS)C(=O)N1CCNC(=O)C1C. The molecule has 1 aliphatic heterocycles. The van der Waals surface area contributed by atoms with Crippen LogP contribution in [-0.2, 0) is 14.4 Å². The van der Waals surface area contributed by atoms with Gasteiger partial charge in [0, 0.05) is 25.8 Å². The van der Waals surface area contributed by atoms with Crippen LogP contribution in [-0.4, -0.2) is 53.5 Å².